The fraction of sp³-hybridized carbons (Fsp3) is 0.100. The monoisotopic (exact) mass is 306 g/mol. The minimum absolute atomic E-state index is 0.314. The van der Waals surface area contributed by atoms with Gasteiger partial charge in [0.1, 0.15) is 0 Å². The van der Waals surface area contributed by atoms with Crippen molar-refractivity contribution < 1.29 is 4.52 Å². The van der Waals surface area contributed by atoms with E-state index in [4.69, 9.17) is 4.52 Å². The summed E-state index contributed by atoms with van der Waals surface area (Å²) in [5.74, 6) is 0. The maximum Gasteiger partial charge on any atom is 0.0688 e. The highest BCUT2D eigenvalue weighted by Crippen LogP contribution is 2.39. The van der Waals surface area contributed by atoms with Crippen molar-refractivity contribution in [2.45, 2.75) is 5.41 Å². The Kier molecular flexibility index (Phi) is 4.68. The van der Waals surface area contributed by atoms with Gasteiger partial charge in [-0.3, -0.25) is 0 Å². The zero-order valence-electron chi connectivity index (χ0n) is 12.4. The van der Waals surface area contributed by atoms with Gasteiger partial charge in [-0.1, -0.05) is 91.0 Å². The lowest BCUT2D eigenvalue weighted by Crippen LogP contribution is -2.33. The van der Waals surface area contributed by atoms with Gasteiger partial charge in [0.05, 0.1) is 12.0 Å². The summed E-state index contributed by atoms with van der Waals surface area (Å²) in [6.07, 6.45) is 0. The normalized spacial score (nSPS) is 11.3. The molecule has 0 aliphatic carbocycles. The fourth-order valence-corrected chi connectivity index (χ4v) is 3.29. The molecule has 1 nitrogen and oxygen atoms in total. The summed E-state index contributed by atoms with van der Waals surface area (Å²) in [5, 5.41) is 0. The van der Waals surface area contributed by atoms with Crippen molar-refractivity contribution in [1.82, 2.24) is 0 Å². The van der Waals surface area contributed by atoms with Crippen molar-refractivity contribution in [3.05, 3.63) is 108 Å². The van der Waals surface area contributed by atoms with Crippen molar-refractivity contribution in [1.29, 1.82) is 0 Å². The number of hydrogen-bond donors (Lipinski definition) is 0. The summed E-state index contributed by atoms with van der Waals surface area (Å²) in [6.45, 7) is 0.565. The van der Waals surface area contributed by atoms with Gasteiger partial charge in [0.2, 0.25) is 0 Å². The molecule has 2 heteroatoms. The van der Waals surface area contributed by atoms with Crippen LogP contribution in [0.4, 0.5) is 0 Å². The Morgan fingerprint density at radius 1 is 0.591 bits per heavy atom. The molecule has 0 saturated carbocycles. The zero-order valence-corrected chi connectivity index (χ0v) is 13.5. The summed E-state index contributed by atoms with van der Waals surface area (Å²) < 4.78 is 5.59. The fourth-order valence-electron chi connectivity index (χ4n) is 3.04. The topological polar surface area (TPSA) is 9.23 Å². The number of hydrogen-bond acceptors (Lipinski definition) is 1. The van der Waals surface area contributed by atoms with E-state index in [1.165, 1.54) is 16.7 Å². The first kappa shape index (κ1) is 15.0. The molecule has 0 fully saturated rings. The highest BCUT2D eigenvalue weighted by atomic mass is 31.0. The van der Waals surface area contributed by atoms with Gasteiger partial charge >= 0.3 is 0 Å². The van der Waals surface area contributed by atoms with Gasteiger partial charge < -0.3 is 4.52 Å². The molecule has 0 aromatic heterocycles. The van der Waals surface area contributed by atoms with Crippen molar-refractivity contribution in [3.8, 4) is 0 Å². The molecule has 1 atom stereocenters. The van der Waals surface area contributed by atoms with E-state index in [9.17, 15) is 0 Å². The van der Waals surface area contributed by atoms with Gasteiger partial charge in [-0.05, 0) is 16.7 Å². The first-order chi connectivity index (χ1) is 10.9. The van der Waals surface area contributed by atoms with Crippen LogP contribution in [0.3, 0.4) is 0 Å². The highest BCUT2D eigenvalue weighted by Gasteiger charge is 2.36. The van der Waals surface area contributed by atoms with Gasteiger partial charge in [-0.15, -0.1) is 0 Å². The maximum absolute atomic E-state index is 5.59. The van der Waals surface area contributed by atoms with Crippen LogP contribution in [0.25, 0.3) is 0 Å². The van der Waals surface area contributed by atoms with E-state index in [2.05, 4.69) is 82.3 Å². The molecule has 3 aromatic rings. The Balaban J connectivity index is 2.29. The van der Waals surface area contributed by atoms with Gasteiger partial charge in [0.15, 0.2) is 0 Å². The third-order valence-corrected chi connectivity index (χ3v) is 4.27. The molecular formula is C20H19OP. The number of benzene rings is 3. The predicted octanol–water partition coefficient (Wildman–Crippen LogP) is 4.83. The second-order valence-electron chi connectivity index (χ2n) is 5.31. The second-order valence-corrected chi connectivity index (χ2v) is 5.65. The Morgan fingerprint density at radius 2 is 0.909 bits per heavy atom. The molecule has 0 spiro atoms. The van der Waals surface area contributed by atoms with Crippen molar-refractivity contribution in [2.24, 2.45) is 0 Å². The lowest BCUT2D eigenvalue weighted by atomic mass is 9.70. The first-order valence-corrected chi connectivity index (χ1v) is 7.83. The Morgan fingerprint density at radius 3 is 1.18 bits per heavy atom. The second kappa shape index (κ2) is 6.87. The van der Waals surface area contributed by atoms with Crippen LogP contribution < -0.4 is 0 Å². The highest BCUT2D eigenvalue weighted by molar-refractivity contribution is 7.09. The van der Waals surface area contributed by atoms with Crippen LogP contribution in [0.1, 0.15) is 16.7 Å². The van der Waals surface area contributed by atoms with Gasteiger partial charge in [-0.2, -0.15) is 0 Å². The van der Waals surface area contributed by atoms with Crippen LogP contribution in [0.5, 0.6) is 0 Å². The molecule has 0 N–H and O–H groups in total. The van der Waals surface area contributed by atoms with Gasteiger partial charge in [0, 0.05) is 9.47 Å². The standard InChI is InChI=1S/C20H19OP/c22-21-16-20(17-10-4-1-5-11-17,18-12-6-2-7-13-18)19-14-8-3-9-15-19/h1-15H,16,22H2. The lowest BCUT2D eigenvalue weighted by Gasteiger charge is -2.35. The average molecular weight is 306 g/mol. The van der Waals surface area contributed by atoms with Crippen molar-refractivity contribution in [2.75, 3.05) is 6.61 Å². The molecule has 3 rings (SSSR count). The molecule has 22 heavy (non-hydrogen) atoms. The van der Waals surface area contributed by atoms with E-state index in [1.807, 2.05) is 18.2 Å². The number of rotatable bonds is 5. The molecule has 0 bridgehead atoms. The summed E-state index contributed by atoms with van der Waals surface area (Å²) in [5.41, 5.74) is 3.38. The van der Waals surface area contributed by atoms with Crippen LogP contribution in [0.2, 0.25) is 0 Å². The molecule has 3 aromatic carbocycles. The minimum atomic E-state index is -0.314. The smallest absolute Gasteiger partial charge is 0.0688 e. The van der Waals surface area contributed by atoms with Crippen LogP contribution in [0, 0.1) is 0 Å². The van der Waals surface area contributed by atoms with E-state index in [0.29, 0.717) is 6.61 Å². The first-order valence-electron chi connectivity index (χ1n) is 7.36. The SMILES string of the molecule is POCC(c1ccccc1)(c1ccccc1)c1ccccc1. The quantitative estimate of drug-likeness (QED) is 0.485. The Hall–Kier alpha value is -1.95. The van der Waals surface area contributed by atoms with E-state index in [0.717, 1.165) is 0 Å². The summed E-state index contributed by atoms with van der Waals surface area (Å²) >= 11 is 0. The predicted molar refractivity (Wildman–Crippen MR) is 94.9 cm³/mol. The van der Waals surface area contributed by atoms with Crippen LogP contribution in [-0.2, 0) is 9.94 Å². The third kappa shape index (κ3) is 2.70. The molecule has 0 radical (unpaired) electrons. The Bertz CT molecular complexity index is 599. The average Bonchev–Trinajstić information content (AvgIpc) is 2.62. The van der Waals surface area contributed by atoms with Crippen LogP contribution in [-0.4, -0.2) is 6.61 Å². The largest absolute Gasteiger partial charge is 0.364 e. The van der Waals surface area contributed by atoms with E-state index in [1.54, 1.807) is 0 Å². The molecule has 110 valence electrons. The lowest BCUT2D eigenvalue weighted by molar-refractivity contribution is 0.306. The summed E-state index contributed by atoms with van der Waals surface area (Å²) in [7, 11) is 2.39. The summed E-state index contributed by atoms with van der Waals surface area (Å²) in [6, 6.07) is 31.7. The van der Waals surface area contributed by atoms with E-state index in [-0.39, 0.29) is 5.41 Å². The molecule has 1 unspecified atom stereocenters. The van der Waals surface area contributed by atoms with Gasteiger partial charge in [0.25, 0.3) is 0 Å². The van der Waals surface area contributed by atoms with E-state index < -0.39 is 0 Å². The maximum atomic E-state index is 5.59. The minimum Gasteiger partial charge on any atom is -0.364 e. The molecular weight excluding hydrogens is 287 g/mol. The molecule has 0 aliphatic rings. The van der Waals surface area contributed by atoms with Gasteiger partial charge in [-0.25, -0.2) is 0 Å². The molecule has 0 saturated heterocycles. The van der Waals surface area contributed by atoms with Crippen molar-refractivity contribution >= 4 is 9.47 Å². The molecule has 0 amide bonds. The van der Waals surface area contributed by atoms with Crippen molar-refractivity contribution in [3.63, 3.8) is 0 Å². The molecule has 0 aliphatic heterocycles. The Labute approximate surface area is 134 Å². The zero-order chi connectivity index (χ0) is 15.3. The van der Waals surface area contributed by atoms with E-state index >= 15 is 0 Å². The third-order valence-electron chi connectivity index (χ3n) is 4.10. The van der Waals surface area contributed by atoms with Crippen LogP contribution >= 0.6 is 9.47 Å². The summed E-state index contributed by atoms with van der Waals surface area (Å²) in [4.78, 5) is 0. The van der Waals surface area contributed by atoms with Crippen LogP contribution in [0.15, 0.2) is 91.0 Å². The molecule has 0 heterocycles.